The summed E-state index contributed by atoms with van der Waals surface area (Å²) in [5.41, 5.74) is 1.36. The minimum Gasteiger partial charge on any atom is -0.493 e. The lowest BCUT2D eigenvalue weighted by atomic mass is 10.2. The zero-order chi connectivity index (χ0) is 23.7. The average molecular weight is 573 g/mol. The lowest BCUT2D eigenvalue weighted by Gasteiger charge is -2.17. The largest absolute Gasteiger partial charge is 0.493 e. The second kappa shape index (κ2) is 13.3. The molecule has 2 aromatic carbocycles. The van der Waals surface area contributed by atoms with E-state index in [9.17, 15) is 14.9 Å². The normalized spacial score (nSPS) is 10.5. The molecule has 0 bridgehead atoms. The van der Waals surface area contributed by atoms with Gasteiger partial charge in [-0.15, -0.1) is 24.0 Å². The molecule has 0 saturated heterocycles. The smallest absolute Gasteiger partial charge is 0.269 e. The number of nitro groups is 1. The van der Waals surface area contributed by atoms with Crippen molar-refractivity contribution in [2.45, 2.75) is 6.54 Å². The van der Waals surface area contributed by atoms with Gasteiger partial charge in [0.25, 0.3) is 5.69 Å². The van der Waals surface area contributed by atoms with Gasteiger partial charge in [-0.2, -0.15) is 0 Å². The van der Waals surface area contributed by atoms with E-state index in [2.05, 4.69) is 15.6 Å². The van der Waals surface area contributed by atoms with E-state index in [1.165, 1.54) is 38.4 Å². The number of nitrogens with one attached hydrogen (secondary N) is 2. The Kier molecular flexibility index (Phi) is 11.2. The van der Waals surface area contributed by atoms with E-state index in [4.69, 9.17) is 14.2 Å². The standard InChI is InChI=1S/C21H27N5O6.HI/c1-25(2)19(27)13-23-21(22-12-14-6-8-16(9-7-14)26(28)29)24-15-10-17(30-3)20(32-5)18(11-15)31-4;/h6-11H,12-13H2,1-5H3,(H2,22,23,24);1H. The third-order valence-corrected chi connectivity index (χ3v) is 4.40. The molecule has 33 heavy (non-hydrogen) atoms. The molecule has 12 heteroatoms. The molecule has 2 aromatic rings. The van der Waals surface area contributed by atoms with Crippen LogP contribution >= 0.6 is 24.0 Å². The molecule has 0 aliphatic rings. The highest BCUT2D eigenvalue weighted by Gasteiger charge is 2.15. The Labute approximate surface area is 209 Å². The minimum atomic E-state index is -0.459. The van der Waals surface area contributed by atoms with Crippen LogP contribution in [0.1, 0.15) is 5.56 Å². The van der Waals surface area contributed by atoms with Gasteiger partial charge < -0.3 is 29.7 Å². The topological polar surface area (TPSA) is 128 Å². The molecule has 0 fully saturated rings. The first-order valence-corrected chi connectivity index (χ1v) is 9.57. The molecule has 0 unspecified atom stereocenters. The number of ether oxygens (including phenoxy) is 3. The van der Waals surface area contributed by atoms with Crippen LogP contribution in [0.3, 0.4) is 0 Å². The predicted molar refractivity (Wildman–Crippen MR) is 136 cm³/mol. The first kappa shape index (κ1) is 27.7. The molecule has 1 amide bonds. The van der Waals surface area contributed by atoms with Crippen LogP contribution in [-0.4, -0.2) is 63.7 Å². The third kappa shape index (κ3) is 7.97. The number of halogens is 1. The third-order valence-electron chi connectivity index (χ3n) is 4.40. The van der Waals surface area contributed by atoms with Crippen molar-refractivity contribution in [3.63, 3.8) is 0 Å². The van der Waals surface area contributed by atoms with Gasteiger partial charge in [0.1, 0.15) is 0 Å². The van der Waals surface area contributed by atoms with Gasteiger partial charge >= 0.3 is 0 Å². The summed E-state index contributed by atoms with van der Waals surface area (Å²) < 4.78 is 16.1. The van der Waals surface area contributed by atoms with Crippen LogP contribution < -0.4 is 24.8 Å². The van der Waals surface area contributed by atoms with Crippen LogP contribution in [0.4, 0.5) is 11.4 Å². The maximum absolute atomic E-state index is 12.0. The summed E-state index contributed by atoms with van der Waals surface area (Å²) in [4.78, 5) is 28.3. The molecular formula is C21H28IN5O6. The van der Waals surface area contributed by atoms with Crippen molar-refractivity contribution < 1.29 is 23.9 Å². The quantitative estimate of drug-likeness (QED) is 0.154. The Morgan fingerprint density at radius 1 is 1.06 bits per heavy atom. The summed E-state index contributed by atoms with van der Waals surface area (Å²) in [5, 5.41) is 16.9. The minimum absolute atomic E-state index is 0. The second-order valence-corrected chi connectivity index (χ2v) is 6.77. The number of nitro benzene ring substituents is 1. The van der Waals surface area contributed by atoms with Crippen molar-refractivity contribution in [1.82, 2.24) is 10.2 Å². The summed E-state index contributed by atoms with van der Waals surface area (Å²) >= 11 is 0. The molecule has 0 radical (unpaired) electrons. The van der Waals surface area contributed by atoms with Crippen LogP contribution in [-0.2, 0) is 11.3 Å². The summed E-state index contributed by atoms with van der Waals surface area (Å²) in [6, 6.07) is 9.50. The van der Waals surface area contributed by atoms with E-state index < -0.39 is 4.92 Å². The van der Waals surface area contributed by atoms with Gasteiger partial charge in [0, 0.05) is 44.0 Å². The van der Waals surface area contributed by atoms with Gasteiger partial charge in [0.2, 0.25) is 11.7 Å². The van der Waals surface area contributed by atoms with Gasteiger partial charge in [0.15, 0.2) is 17.5 Å². The fourth-order valence-corrected chi connectivity index (χ4v) is 2.64. The first-order chi connectivity index (χ1) is 15.3. The molecular weight excluding hydrogens is 545 g/mol. The molecule has 2 N–H and O–H groups in total. The number of methoxy groups -OCH3 is 3. The number of hydrogen-bond donors (Lipinski definition) is 2. The van der Waals surface area contributed by atoms with Gasteiger partial charge in [-0.3, -0.25) is 14.9 Å². The number of rotatable bonds is 9. The Bertz CT molecular complexity index is 957. The van der Waals surface area contributed by atoms with Gasteiger partial charge in [-0.1, -0.05) is 12.1 Å². The number of non-ortho nitro benzene ring substituents is 1. The SMILES string of the molecule is COc1cc(NC(=NCc2ccc([N+](=O)[O-])cc2)NCC(=O)N(C)C)cc(OC)c1OC.I. The Morgan fingerprint density at radius 2 is 1.64 bits per heavy atom. The molecule has 0 saturated carbocycles. The number of likely N-dealkylation sites (N-methyl/N-ethyl adjacent to an activating group) is 1. The van der Waals surface area contributed by atoms with Crippen LogP contribution in [0.25, 0.3) is 0 Å². The number of benzene rings is 2. The van der Waals surface area contributed by atoms with E-state index in [-0.39, 0.29) is 48.7 Å². The van der Waals surface area contributed by atoms with Gasteiger partial charge in [-0.05, 0) is 5.56 Å². The number of carbonyl (C=O) groups is 1. The number of guanidine groups is 1. The van der Waals surface area contributed by atoms with Crippen LogP contribution in [0.2, 0.25) is 0 Å². The van der Waals surface area contributed by atoms with Gasteiger partial charge in [-0.25, -0.2) is 4.99 Å². The maximum atomic E-state index is 12.0. The van der Waals surface area contributed by atoms with Crippen molar-refractivity contribution in [3.8, 4) is 17.2 Å². The first-order valence-electron chi connectivity index (χ1n) is 9.57. The second-order valence-electron chi connectivity index (χ2n) is 6.77. The maximum Gasteiger partial charge on any atom is 0.269 e. The molecule has 0 spiro atoms. The zero-order valence-corrected chi connectivity index (χ0v) is 21.4. The Morgan fingerprint density at radius 3 is 2.09 bits per heavy atom. The van der Waals surface area contributed by atoms with E-state index in [1.807, 2.05) is 0 Å². The van der Waals surface area contributed by atoms with Gasteiger partial charge in [0.05, 0.1) is 39.3 Å². The lowest BCUT2D eigenvalue weighted by Crippen LogP contribution is -2.39. The number of anilines is 1. The molecule has 0 aromatic heterocycles. The van der Waals surface area contributed by atoms with Crippen LogP contribution in [0.5, 0.6) is 17.2 Å². The number of aliphatic imine (C=N–C) groups is 1. The van der Waals surface area contributed by atoms with E-state index in [1.54, 1.807) is 38.4 Å². The number of hydrogen-bond acceptors (Lipinski definition) is 7. The Balaban J connectivity index is 0.00000544. The molecule has 0 heterocycles. The summed E-state index contributed by atoms with van der Waals surface area (Å²) in [6.45, 7) is 0.247. The van der Waals surface area contributed by atoms with Crippen LogP contribution in [0.15, 0.2) is 41.4 Å². The fourth-order valence-electron chi connectivity index (χ4n) is 2.64. The van der Waals surface area contributed by atoms with Crippen molar-refractivity contribution in [3.05, 3.63) is 52.1 Å². The van der Waals surface area contributed by atoms with Crippen molar-refractivity contribution >= 4 is 47.2 Å². The number of carbonyl (C=O) groups excluding carboxylic acids is 1. The monoisotopic (exact) mass is 573 g/mol. The molecule has 0 aliphatic heterocycles. The summed E-state index contributed by atoms with van der Waals surface area (Å²) in [6.07, 6.45) is 0. The number of nitrogens with zero attached hydrogens (tertiary/aromatic N) is 3. The molecule has 0 atom stereocenters. The van der Waals surface area contributed by atoms with Crippen molar-refractivity contribution in [1.29, 1.82) is 0 Å². The van der Waals surface area contributed by atoms with E-state index >= 15 is 0 Å². The summed E-state index contributed by atoms with van der Waals surface area (Å²) in [5.74, 6) is 1.54. The highest BCUT2D eigenvalue weighted by Crippen LogP contribution is 2.39. The molecule has 180 valence electrons. The zero-order valence-electron chi connectivity index (χ0n) is 19.1. The van der Waals surface area contributed by atoms with Crippen molar-refractivity contribution in [2.75, 3.05) is 47.3 Å². The average Bonchev–Trinajstić information content (AvgIpc) is 2.79. The van der Waals surface area contributed by atoms with E-state index in [0.717, 1.165) is 5.56 Å². The molecule has 0 aliphatic carbocycles. The lowest BCUT2D eigenvalue weighted by molar-refractivity contribution is -0.384. The molecule has 2 rings (SSSR count). The number of amides is 1. The fraction of sp³-hybridized carbons (Fsp3) is 0.333. The highest BCUT2D eigenvalue weighted by atomic mass is 127. The predicted octanol–water partition coefficient (Wildman–Crippen LogP) is 2.88. The highest BCUT2D eigenvalue weighted by molar-refractivity contribution is 14.0. The Hall–Kier alpha value is -3.29. The summed E-state index contributed by atoms with van der Waals surface area (Å²) in [7, 11) is 7.85. The molecule has 11 nitrogen and oxygen atoms in total. The van der Waals surface area contributed by atoms with Crippen LogP contribution in [0, 0.1) is 10.1 Å². The van der Waals surface area contributed by atoms with E-state index in [0.29, 0.717) is 28.9 Å². The van der Waals surface area contributed by atoms with Crippen molar-refractivity contribution in [2.24, 2.45) is 4.99 Å².